The van der Waals surface area contributed by atoms with Gasteiger partial charge in [-0.25, -0.2) is 4.98 Å². The van der Waals surface area contributed by atoms with Crippen molar-refractivity contribution in [2.45, 2.75) is 19.4 Å². The van der Waals surface area contributed by atoms with Crippen LogP contribution in [0.1, 0.15) is 23.0 Å². The van der Waals surface area contributed by atoms with Gasteiger partial charge in [0.05, 0.1) is 23.0 Å². The summed E-state index contributed by atoms with van der Waals surface area (Å²) in [6.07, 6.45) is 6.08. The monoisotopic (exact) mass is 371 g/mol. The number of benzene rings is 1. The third kappa shape index (κ3) is 3.76. The topological polar surface area (TPSA) is 72.7 Å². The summed E-state index contributed by atoms with van der Waals surface area (Å²) in [4.78, 5) is 22.1. The average Bonchev–Trinajstić information content (AvgIpc) is 3.14. The molecule has 4 aromatic rings. The quantitative estimate of drug-likeness (QED) is 0.584. The van der Waals surface area contributed by atoms with Crippen LogP contribution in [0.2, 0.25) is 0 Å². The van der Waals surface area contributed by atoms with E-state index in [9.17, 15) is 4.79 Å². The Morgan fingerprint density at radius 3 is 2.75 bits per heavy atom. The molecule has 0 saturated carbocycles. The van der Waals surface area contributed by atoms with E-state index < -0.39 is 0 Å². The van der Waals surface area contributed by atoms with Crippen LogP contribution in [0.5, 0.6) is 0 Å². The van der Waals surface area contributed by atoms with Crippen molar-refractivity contribution in [2.24, 2.45) is 7.05 Å². The van der Waals surface area contributed by atoms with Gasteiger partial charge in [0.2, 0.25) is 0 Å². The van der Waals surface area contributed by atoms with Crippen LogP contribution in [0.3, 0.4) is 0 Å². The van der Waals surface area contributed by atoms with Gasteiger partial charge in [-0.2, -0.15) is 5.10 Å². The third-order valence-corrected chi connectivity index (χ3v) is 4.58. The zero-order chi connectivity index (χ0) is 19.5. The molecule has 0 bridgehead atoms. The molecule has 0 aliphatic rings. The van der Waals surface area contributed by atoms with E-state index in [2.05, 4.69) is 15.4 Å². The van der Waals surface area contributed by atoms with E-state index in [-0.39, 0.29) is 11.9 Å². The molecule has 1 amide bonds. The normalized spacial score (nSPS) is 12.1. The number of aromatic nitrogens is 4. The number of rotatable bonds is 5. The number of nitrogens with zero attached hydrogens (tertiary/aromatic N) is 4. The van der Waals surface area contributed by atoms with E-state index in [1.807, 2.05) is 68.7 Å². The number of hydrogen-bond donors (Lipinski definition) is 1. The first-order chi connectivity index (χ1) is 13.6. The zero-order valence-electron chi connectivity index (χ0n) is 15.8. The number of nitrogens with one attached hydrogen (secondary N) is 1. The molecule has 0 fully saturated rings. The number of fused-ring (bicyclic) bond motifs is 1. The lowest BCUT2D eigenvalue weighted by Gasteiger charge is -2.15. The molecule has 0 spiro atoms. The van der Waals surface area contributed by atoms with Gasteiger partial charge >= 0.3 is 0 Å². The minimum absolute atomic E-state index is 0.0452. The summed E-state index contributed by atoms with van der Waals surface area (Å²) < 4.78 is 1.72. The van der Waals surface area contributed by atoms with Crippen LogP contribution in [-0.4, -0.2) is 31.7 Å². The van der Waals surface area contributed by atoms with Crippen molar-refractivity contribution in [2.75, 3.05) is 0 Å². The highest BCUT2D eigenvalue weighted by atomic mass is 16.1. The SMILES string of the molecule is CC(Cc1ccccn1)NC(=O)c1cc(-c2cnn(C)c2)nc2ccccc12. The van der Waals surface area contributed by atoms with Crippen LogP contribution in [0.4, 0.5) is 0 Å². The first-order valence-corrected chi connectivity index (χ1v) is 9.20. The standard InChI is InChI=1S/C22H21N5O/c1-15(11-17-7-5-6-10-23-17)25-22(28)19-12-21(16-13-24-27(2)14-16)26-20-9-4-3-8-18(19)20/h3-10,12-15H,11H2,1-2H3,(H,25,28). The highest BCUT2D eigenvalue weighted by Gasteiger charge is 2.16. The molecule has 1 atom stereocenters. The summed E-state index contributed by atoms with van der Waals surface area (Å²) in [5.74, 6) is -0.118. The predicted molar refractivity (Wildman–Crippen MR) is 109 cm³/mol. The van der Waals surface area contributed by atoms with E-state index in [0.717, 1.165) is 27.9 Å². The van der Waals surface area contributed by atoms with Gasteiger partial charge in [-0.15, -0.1) is 0 Å². The fraction of sp³-hybridized carbons (Fsp3) is 0.182. The maximum absolute atomic E-state index is 13.1. The highest BCUT2D eigenvalue weighted by molar-refractivity contribution is 6.07. The van der Waals surface area contributed by atoms with Crippen molar-refractivity contribution in [3.63, 3.8) is 0 Å². The molecule has 0 saturated heterocycles. The molecule has 0 aliphatic heterocycles. The molecular weight excluding hydrogens is 350 g/mol. The summed E-state index contributed by atoms with van der Waals surface area (Å²) in [5, 5.41) is 8.14. The largest absolute Gasteiger partial charge is 0.349 e. The van der Waals surface area contributed by atoms with Crippen LogP contribution >= 0.6 is 0 Å². The van der Waals surface area contributed by atoms with E-state index in [0.29, 0.717) is 12.0 Å². The number of pyridine rings is 2. The molecular formula is C22H21N5O. The van der Waals surface area contributed by atoms with E-state index in [1.54, 1.807) is 17.1 Å². The summed E-state index contributed by atoms with van der Waals surface area (Å²) in [7, 11) is 1.86. The first kappa shape index (κ1) is 17.9. The Morgan fingerprint density at radius 1 is 1.18 bits per heavy atom. The fourth-order valence-electron chi connectivity index (χ4n) is 3.25. The van der Waals surface area contributed by atoms with Crippen molar-refractivity contribution >= 4 is 16.8 Å². The van der Waals surface area contributed by atoms with Crippen LogP contribution in [0.25, 0.3) is 22.2 Å². The molecule has 3 aromatic heterocycles. The highest BCUT2D eigenvalue weighted by Crippen LogP contribution is 2.24. The lowest BCUT2D eigenvalue weighted by molar-refractivity contribution is 0.0941. The number of amides is 1. The smallest absolute Gasteiger partial charge is 0.252 e. The second-order valence-electron chi connectivity index (χ2n) is 6.87. The number of hydrogen-bond acceptors (Lipinski definition) is 4. The van der Waals surface area contributed by atoms with Gasteiger partial charge in [0.15, 0.2) is 0 Å². The van der Waals surface area contributed by atoms with E-state index in [1.165, 1.54) is 0 Å². The fourth-order valence-corrected chi connectivity index (χ4v) is 3.25. The Hall–Kier alpha value is -3.54. The Kier molecular flexibility index (Phi) is 4.85. The van der Waals surface area contributed by atoms with Crippen LogP contribution in [-0.2, 0) is 13.5 Å². The number of carbonyl (C=O) groups excluding carboxylic acids is 1. The van der Waals surface area contributed by atoms with Crippen molar-refractivity contribution in [1.82, 2.24) is 25.1 Å². The van der Waals surface area contributed by atoms with E-state index in [4.69, 9.17) is 4.98 Å². The van der Waals surface area contributed by atoms with Gasteiger partial charge in [0.1, 0.15) is 0 Å². The summed E-state index contributed by atoms with van der Waals surface area (Å²) in [5.41, 5.74) is 3.95. The van der Waals surface area contributed by atoms with Crippen molar-refractivity contribution in [1.29, 1.82) is 0 Å². The molecule has 0 aliphatic carbocycles. The Morgan fingerprint density at radius 2 is 2.00 bits per heavy atom. The van der Waals surface area contributed by atoms with Crippen LogP contribution in [0.15, 0.2) is 67.1 Å². The number of para-hydroxylation sites is 1. The molecule has 28 heavy (non-hydrogen) atoms. The lowest BCUT2D eigenvalue weighted by atomic mass is 10.0. The molecule has 6 heteroatoms. The number of aryl methyl sites for hydroxylation is 1. The second kappa shape index (κ2) is 7.60. The van der Waals surface area contributed by atoms with Gasteiger partial charge in [-0.1, -0.05) is 24.3 Å². The minimum Gasteiger partial charge on any atom is -0.349 e. The van der Waals surface area contributed by atoms with Crippen molar-refractivity contribution < 1.29 is 4.79 Å². The van der Waals surface area contributed by atoms with Crippen molar-refractivity contribution in [3.05, 3.63) is 78.4 Å². The van der Waals surface area contributed by atoms with Crippen LogP contribution < -0.4 is 5.32 Å². The maximum Gasteiger partial charge on any atom is 0.252 e. The molecule has 0 radical (unpaired) electrons. The molecule has 1 N–H and O–H groups in total. The molecule has 1 unspecified atom stereocenters. The van der Waals surface area contributed by atoms with Gasteiger partial charge in [-0.05, 0) is 31.2 Å². The summed E-state index contributed by atoms with van der Waals surface area (Å²) in [6.45, 7) is 1.98. The zero-order valence-corrected chi connectivity index (χ0v) is 15.8. The second-order valence-corrected chi connectivity index (χ2v) is 6.87. The average molecular weight is 371 g/mol. The van der Waals surface area contributed by atoms with Gasteiger partial charge in [-0.3, -0.25) is 14.5 Å². The molecule has 4 rings (SSSR count). The van der Waals surface area contributed by atoms with Crippen LogP contribution in [0, 0.1) is 0 Å². The minimum atomic E-state index is -0.118. The number of carbonyl (C=O) groups is 1. The Bertz CT molecular complexity index is 1120. The Labute approximate surface area is 163 Å². The predicted octanol–water partition coefficient (Wildman–Crippen LogP) is 3.39. The first-order valence-electron chi connectivity index (χ1n) is 9.20. The molecule has 140 valence electrons. The van der Waals surface area contributed by atoms with Crippen molar-refractivity contribution in [3.8, 4) is 11.3 Å². The van der Waals surface area contributed by atoms with E-state index >= 15 is 0 Å². The maximum atomic E-state index is 13.1. The van der Waals surface area contributed by atoms with Gasteiger partial charge in [0.25, 0.3) is 5.91 Å². The lowest BCUT2D eigenvalue weighted by Crippen LogP contribution is -2.34. The Balaban J connectivity index is 1.65. The third-order valence-electron chi connectivity index (χ3n) is 4.58. The summed E-state index contributed by atoms with van der Waals surface area (Å²) >= 11 is 0. The molecule has 3 heterocycles. The van der Waals surface area contributed by atoms with Gasteiger partial charge in [0, 0.05) is 48.5 Å². The summed E-state index contributed by atoms with van der Waals surface area (Å²) in [6, 6.07) is 15.3. The molecule has 6 nitrogen and oxygen atoms in total. The van der Waals surface area contributed by atoms with Gasteiger partial charge < -0.3 is 5.32 Å². The molecule has 1 aromatic carbocycles.